The monoisotopic (exact) mass is 293 g/mol. The van der Waals surface area contributed by atoms with Gasteiger partial charge in [-0.1, -0.05) is 13.8 Å². The van der Waals surface area contributed by atoms with E-state index in [2.05, 4.69) is 24.1 Å². The van der Waals surface area contributed by atoms with Crippen LogP contribution in [0, 0.1) is 0 Å². The van der Waals surface area contributed by atoms with Gasteiger partial charge in [0.1, 0.15) is 0 Å². The molecule has 0 aliphatic carbocycles. The second-order valence-corrected chi connectivity index (χ2v) is 7.50. The topological polar surface area (TPSA) is 58.4 Å². The lowest BCUT2D eigenvalue weighted by atomic mass is 10.1. The van der Waals surface area contributed by atoms with E-state index in [1.54, 1.807) is 13.1 Å². The highest BCUT2D eigenvalue weighted by molar-refractivity contribution is 8.00. The molecule has 2 rings (SSSR count). The van der Waals surface area contributed by atoms with Crippen molar-refractivity contribution in [2.45, 2.75) is 25.0 Å². The lowest BCUT2D eigenvalue weighted by molar-refractivity contribution is 0.0963. The zero-order valence-electron chi connectivity index (χ0n) is 12.4. The molecule has 0 bridgehead atoms. The molecule has 5 heteroatoms. The Kier molecular flexibility index (Phi) is 4.48. The van der Waals surface area contributed by atoms with Crippen molar-refractivity contribution in [1.29, 1.82) is 0 Å². The fraction of sp³-hybridized carbons (Fsp3) is 0.533. The molecule has 0 aromatic heterocycles. The number of nitrogens with one attached hydrogen (secondary N) is 1. The molecule has 1 aliphatic rings. The molecule has 1 heterocycles. The number of hydrogen-bond acceptors (Lipinski definition) is 4. The van der Waals surface area contributed by atoms with Gasteiger partial charge in [0.25, 0.3) is 5.91 Å². The van der Waals surface area contributed by atoms with Crippen molar-refractivity contribution in [3.63, 3.8) is 0 Å². The molecule has 0 unspecified atom stereocenters. The third-order valence-electron chi connectivity index (χ3n) is 3.70. The molecule has 0 spiro atoms. The van der Waals surface area contributed by atoms with Gasteiger partial charge in [0.05, 0.1) is 11.4 Å². The normalized spacial score (nSPS) is 18.4. The maximum absolute atomic E-state index is 11.6. The van der Waals surface area contributed by atoms with E-state index in [1.807, 2.05) is 23.9 Å². The van der Waals surface area contributed by atoms with Crippen LogP contribution in [0.4, 0.5) is 11.4 Å². The van der Waals surface area contributed by atoms with E-state index < -0.39 is 0 Å². The van der Waals surface area contributed by atoms with Crippen LogP contribution in [-0.4, -0.2) is 36.5 Å². The molecule has 1 aliphatic heterocycles. The standard InChI is InChI=1S/C15H23N3OS/c1-15(2)6-7-18(8-9-20-15)13-5-4-11(10-12(13)16)14(19)17-3/h4-5,10H,6-9,16H2,1-3H3,(H,17,19). The van der Waals surface area contributed by atoms with E-state index in [0.717, 1.165) is 31.0 Å². The van der Waals surface area contributed by atoms with Gasteiger partial charge in [0.15, 0.2) is 0 Å². The van der Waals surface area contributed by atoms with Gasteiger partial charge in [-0.15, -0.1) is 0 Å². The van der Waals surface area contributed by atoms with Crippen molar-refractivity contribution in [1.82, 2.24) is 5.32 Å². The summed E-state index contributed by atoms with van der Waals surface area (Å²) in [6.07, 6.45) is 1.13. The molecule has 20 heavy (non-hydrogen) atoms. The smallest absolute Gasteiger partial charge is 0.251 e. The van der Waals surface area contributed by atoms with E-state index in [0.29, 0.717) is 16.0 Å². The molecular weight excluding hydrogens is 270 g/mol. The Morgan fingerprint density at radius 1 is 1.40 bits per heavy atom. The molecule has 1 fully saturated rings. The Morgan fingerprint density at radius 3 is 2.80 bits per heavy atom. The minimum Gasteiger partial charge on any atom is -0.397 e. The van der Waals surface area contributed by atoms with Crippen molar-refractivity contribution < 1.29 is 4.79 Å². The molecule has 110 valence electrons. The fourth-order valence-corrected chi connectivity index (χ4v) is 3.49. The quantitative estimate of drug-likeness (QED) is 0.822. The predicted molar refractivity (Wildman–Crippen MR) is 87.6 cm³/mol. The average Bonchev–Trinajstić information content (AvgIpc) is 2.59. The maximum atomic E-state index is 11.6. The minimum atomic E-state index is -0.101. The number of hydrogen-bond donors (Lipinski definition) is 2. The highest BCUT2D eigenvalue weighted by Crippen LogP contribution is 2.34. The van der Waals surface area contributed by atoms with Crippen molar-refractivity contribution in [3.05, 3.63) is 23.8 Å². The number of nitrogens with two attached hydrogens (primary N) is 1. The van der Waals surface area contributed by atoms with Gasteiger partial charge < -0.3 is 16.0 Å². The van der Waals surface area contributed by atoms with E-state index in [1.165, 1.54) is 0 Å². The summed E-state index contributed by atoms with van der Waals surface area (Å²) in [6, 6.07) is 5.56. The van der Waals surface area contributed by atoms with Crippen LogP contribution in [0.3, 0.4) is 0 Å². The van der Waals surface area contributed by atoms with Gasteiger partial charge in [-0.3, -0.25) is 4.79 Å². The number of carbonyl (C=O) groups is 1. The number of nitrogens with zero attached hydrogens (tertiary/aromatic N) is 1. The molecule has 0 atom stereocenters. The van der Waals surface area contributed by atoms with E-state index in [4.69, 9.17) is 5.73 Å². The SMILES string of the molecule is CNC(=O)c1ccc(N2CCSC(C)(C)CC2)c(N)c1. The summed E-state index contributed by atoms with van der Waals surface area (Å²) in [6.45, 7) is 6.58. The molecule has 4 nitrogen and oxygen atoms in total. The number of carbonyl (C=O) groups excluding carboxylic acids is 1. The van der Waals surface area contributed by atoms with Crippen molar-refractivity contribution in [2.24, 2.45) is 0 Å². The summed E-state index contributed by atoms with van der Waals surface area (Å²) in [4.78, 5) is 13.9. The summed E-state index contributed by atoms with van der Waals surface area (Å²) in [5, 5.41) is 2.62. The van der Waals surface area contributed by atoms with Crippen LogP contribution in [0.25, 0.3) is 0 Å². The summed E-state index contributed by atoms with van der Waals surface area (Å²) in [5.74, 6) is 1.000. The first kappa shape index (κ1) is 15.0. The van der Waals surface area contributed by atoms with Crippen LogP contribution in [0.1, 0.15) is 30.6 Å². The highest BCUT2D eigenvalue weighted by atomic mass is 32.2. The molecule has 0 saturated carbocycles. The molecule has 1 aromatic rings. The Labute approximate surface area is 125 Å². The third kappa shape index (κ3) is 3.39. The lowest BCUT2D eigenvalue weighted by Gasteiger charge is -2.25. The molecule has 3 N–H and O–H groups in total. The molecule has 1 aromatic carbocycles. The molecular formula is C15H23N3OS. The Balaban J connectivity index is 2.18. The number of anilines is 2. The number of amides is 1. The van der Waals surface area contributed by atoms with Crippen LogP contribution in [0.5, 0.6) is 0 Å². The predicted octanol–water partition coefficient (Wildman–Crippen LogP) is 2.35. The van der Waals surface area contributed by atoms with Crippen LogP contribution in [0.2, 0.25) is 0 Å². The van der Waals surface area contributed by atoms with E-state index in [-0.39, 0.29) is 5.91 Å². The summed E-state index contributed by atoms with van der Waals surface area (Å²) in [5.41, 5.74) is 8.46. The van der Waals surface area contributed by atoms with E-state index in [9.17, 15) is 4.79 Å². The lowest BCUT2D eigenvalue weighted by Crippen LogP contribution is -2.28. The number of benzene rings is 1. The minimum absolute atomic E-state index is 0.101. The summed E-state index contributed by atoms with van der Waals surface area (Å²) >= 11 is 2.01. The van der Waals surface area contributed by atoms with Gasteiger partial charge in [0, 0.05) is 36.2 Å². The number of rotatable bonds is 2. The zero-order chi connectivity index (χ0) is 14.8. The maximum Gasteiger partial charge on any atom is 0.251 e. The number of thioether (sulfide) groups is 1. The van der Waals surface area contributed by atoms with Gasteiger partial charge >= 0.3 is 0 Å². The van der Waals surface area contributed by atoms with Gasteiger partial charge in [-0.25, -0.2) is 0 Å². The van der Waals surface area contributed by atoms with Gasteiger partial charge in [-0.05, 0) is 24.6 Å². The third-order valence-corrected chi connectivity index (χ3v) is 5.07. The van der Waals surface area contributed by atoms with Crippen LogP contribution in [0.15, 0.2) is 18.2 Å². The number of nitrogen functional groups attached to an aromatic ring is 1. The summed E-state index contributed by atoms with van der Waals surface area (Å²) < 4.78 is 0.325. The second kappa shape index (κ2) is 5.95. The first-order valence-electron chi connectivity index (χ1n) is 6.93. The first-order chi connectivity index (χ1) is 9.43. The average molecular weight is 293 g/mol. The van der Waals surface area contributed by atoms with Crippen LogP contribution in [-0.2, 0) is 0 Å². The first-order valence-corrected chi connectivity index (χ1v) is 7.92. The zero-order valence-corrected chi connectivity index (χ0v) is 13.2. The van der Waals surface area contributed by atoms with Crippen LogP contribution < -0.4 is 16.0 Å². The molecule has 0 radical (unpaired) electrons. The second-order valence-electron chi connectivity index (χ2n) is 5.70. The molecule has 1 saturated heterocycles. The Bertz CT molecular complexity index is 502. The van der Waals surface area contributed by atoms with Crippen molar-refractivity contribution in [3.8, 4) is 0 Å². The Morgan fingerprint density at radius 2 is 2.15 bits per heavy atom. The van der Waals surface area contributed by atoms with Crippen molar-refractivity contribution >= 4 is 29.0 Å². The largest absolute Gasteiger partial charge is 0.397 e. The van der Waals surface area contributed by atoms with E-state index >= 15 is 0 Å². The summed E-state index contributed by atoms with van der Waals surface area (Å²) in [7, 11) is 1.63. The van der Waals surface area contributed by atoms with Crippen molar-refractivity contribution in [2.75, 3.05) is 36.5 Å². The van der Waals surface area contributed by atoms with Crippen LogP contribution >= 0.6 is 11.8 Å². The fourth-order valence-electron chi connectivity index (χ4n) is 2.39. The van der Waals surface area contributed by atoms with Gasteiger partial charge in [-0.2, -0.15) is 11.8 Å². The van der Waals surface area contributed by atoms with Gasteiger partial charge in [0.2, 0.25) is 0 Å². The highest BCUT2D eigenvalue weighted by Gasteiger charge is 2.24. The molecule has 1 amide bonds. The Hall–Kier alpha value is -1.36.